The summed E-state index contributed by atoms with van der Waals surface area (Å²) in [6.07, 6.45) is 1.87. The molecule has 0 bridgehead atoms. The molecule has 2 rings (SSSR count). The van der Waals surface area contributed by atoms with Gasteiger partial charge in [-0.15, -0.1) is 0 Å². The normalized spacial score (nSPS) is 11.0. The third kappa shape index (κ3) is 4.25. The maximum absolute atomic E-state index is 6.03. The van der Waals surface area contributed by atoms with Crippen molar-refractivity contribution in [3.63, 3.8) is 0 Å². The summed E-state index contributed by atoms with van der Waals surface area (Å²) in [5.41, 5.74) is 5.33. The van der Waals surface area contributed by atoms with Gasteiger partial charge >= 0.3 is 0 Å². The molecule has 2 aromatic rings. The van der Waals surface area contributed by atoms with Gasteiger partial charge in [0.15, 0.2) is 0 Å². The van der Waals surface area contributed by atoms with Gasteiger partial charge in [0.05, 0.1) is 12.0 Å². The van der Waals surface area contributed by atoms with Crippen LogP contribution in [-0.4, -0.2) is 24.8 Å². The predicted molar refractivity (Wildman–Crippen MR) is 97.1 cm³/mol. The molecule has 2 aromatic carbocycles. The van der Waals surface area contributed by atoms with Gasteiger partial charge in [0, 0.05) is 30.0 Å². The summed E-state index contributed by atoms with van der Waals surface area (Å²) in [7, 11) is 2.01. The maximum atomic E-state index is 6.03. The average molecular weight is 316 g/mol. The fourth-order valence-electron chi connectivity index (χ4n) is 2.04. The monoisotopic (exact) mass is 315 g/mol. The van der Waals surface area contributed by atoms with Crippen LogP contribution >= 0.6 is 11.6 Å². The summed E-state index contributed by atoms with van der Waals surface area (Å²) in [6, 6.07) is 11.9. The van der Waals surface area contributed by atoms with Crippen LogP contribution in [-0.2, 0) is 0 Å². The summed E-state index contributed by atoms with van der Waals surface area (Å²) in [4.78, 5) is 6.60. The van der Waals surface area contributed by atoms with Crippen molar-refractivity contribution in [2.24, 2.45) is 4.99 Å². The van der Waals surface area contributed by atoms with Crippen molar-refractivity contribution in [3.05, 3.63) is 52.5 Å². The molecule has 0 amide bonds. The lowest BCUT2D eigenvalue weighted by molar-refractivity contribution is 0.552. The van der Waals surface area contributed by atoms with Crippen LogP contribution in [0.25, 0.3) is 0 Å². The molecule has 0 saturated carbocycles. The molecular weight excluding hydrogens is 294 g/mol. The van der Waals surface area contributed by atoms with Crippen LogP contribution in [0.2, 0.25) is 5.02 Å². The van der Waals surface area contributed by atoms with Gasteiger partial charge in [0.2, 0.25) is 0 Å². The Bertz CT molecular complexity index is 680. The number of halogens is 1. The van der Waals surface area contributed by atoms with Crippen LogP contribution in [0.4, 0.5) is 17.1 Å². The Balaban J connectivity index is 2.24. The molecule has 0 aliphatic heterocycles. The number of aryl methyl sites for hydroxylation is 2. The zero-order valence-corrected chi connectivity index (χ0v) is 14.3. The number of hydrogen-bond acceptors (Lipinski definition) is 2. The van der Waals surface area contributed by atoms with E-state index < -0.39 is 0 Å². The minimum atomic E-state index is 0.725. The van der Waals surface area contributed by atoms with Crippen LogP contribution in [0.1, 0.15) is 18.1 Å². The number of benzene rings is 2. The van der Waals surface area contributed by atoms with E-state index in [1.165, 1.54) is 0 Å². The lowest BCUT2D eigenvalue weighted by atomic mass is 10.1. The van der Waals surface area contributed by atoms with E-state index in [2.05, 4.69) is 43.2 Å². The Hall–Kier alpha value is -2.00. The molecule has 0 unspecified atom stereocenters. The maximum Gasteiger partial charge on any atom is 0.0909 e. The first-order valence-corrected chi connectivity index (χ1v) is 7.75. The number of nitrogens with zero attached hydrogens (tertiary/aromatic N) is 2. The molecule has 4 heteroatoms. The standard InChI is InChI=1S/C18H22ClN3/c1-5-22(4)12-20-17-9-14(3)18(10-13(17)2)21-16-8-6-7-15(19)11-16/h6-12,21H,5H2,1-4H3. The van der Waals surface area contributed by atoms with Crippen molar-refractivity contribution >= 4 is 35.0 Å². The van der Waals surface area contributed by atoms with Crippen molar-refractivity contribution in [1.29, 1.82) is 0 Å². The minimum Gasteiger partial charge on any atom is -0.366 e. The molecule has 0 fully saturated rings. The third-order valence-corrected chi connectivity index (χ3v) is 3.77. The van der Waals surface area contributed by atoms with Crippen molar-refractivity contribution in [1.82, 2.24) is 4.90 Å². The second-order valence-electron chi connectivity index (χ2n) is 5.41. The van der Waals surface area contributed by atoms with Crippen LogP contribution in [0.5, 0.6) is 0 Å². The largest absolute Gasteiger partial charge is 0.366 e. The summed E-state index contributed by atoms with van der Waals surface area (Å²) in [6.45, 7) is 7.19. The van der Waals surface area contributed by atoms with Crippen LogP contribution in [0, 0.1) is 13.8 Å². The van der Waals surface area contributed by atoms with Gasteiger partial charge in [0.1, 0.15) is 0 Å². The van der Waals surface area contributed by atoms with Crippen molar-refractivity contribution in [3.8, 4) is 0 Å². The zero-order valence-electron chi connectivity index (χ0n) is 13.5. The number of aliphatic imine (C=N–C) groups is 1. The molecule has 116 valence electrons. The summed E-state index contributed by atoms with van der Waals surface area (Å²) in [5, 5.41) is 4.14. The Morgan fingerprint density at radius 2 is 1.95 bits per heavy atom. The highest BCUT2D eigenvalue weighted by Gasteiger charge is 2.05. The molecule has 1 N–H and O–H groups in total. The molecule has 0 aliphatic rings. The Labute approximate surface area is 137 Å². The van der Waals surface area contributed by atoms with E-state index in [1.54, 1.807) is 0 Å². The van der Waals surface area contributed by atoms with E-state index in [0.29, 0.717) is 0 Å². The molecule has 0 heterocycles. The zero-order chi connectivity index (χ0) is 16.1. The molecular formula is C18H22ClN3. The molecule has 0 aromatic heterocycles. The highest BCUT2D eigenvalue weighted by atomic mass is 35.5. The first-order chi connectivity index (χ1) is 10.5. The Morgan fingerprint density at radius 3 is 2.64 bits per heavy atom. The summed E-state index contributed by atoms with van der Waals surface area (Å²) < 4.78 is 0. The highest BCUT2D eigenvalue weighted by Crippen LogP contribution is 2.29. The van der Waals surface area contributed by atoms with Gasteiger partial charge in [-0.1, -0.05) is 17.7 Å². The molecule has 0 aliphatic carbocycles. The first kappa shape index (κ1) is 16.4. The number of rotatable bonds is 5. The molecule has 0 spiro atoms. The van der Waals surface area contributed by atoms with Crippen molar-refractivity contribution in [2.75, 3.05) is 18.9 Å². The second kappa shape index (κ2) is 7.32. The Kier molecular flexibility index (Phi) is 5.45. The van der Waals surface area contributed by atoms with E-state index in [4.69, 9.17) is 11.6 Å². The van der Waals surface area contributed by atoms with E-state index in [-0.39, 0.29) is 0 Å². The fourth-order valence-corrected chi connectivity index (χ4v) is 2.23. The van der Waals surface area contributed by atoms with Gasteiger partial charge in [-0.25, -0.2) is 4.99 Å². The number of hydrogen-bond donors (Lipinski definition) is 1. The lowest BCUT2D eigenvalue weighted by Gasteiger charge is -2.13. The molecule has 22 heavy (non-hydrogen) atoms. The lowest BCUT2D eigenvalue weighted by Crippen LogP contribution is -2.14. The summed E-state index contributed by atoms with van der Waals surface area (Å²) >= 11 is 6.03. The van der Waals surface area contributed by atoms with Crippen molar-refractivity contribution in [2.45, 2.75) is 20.8 Å². The smallest absolute Gasteiger partial charge is 0.0909 e. The Morgan fingerprint density at radius 1 is 1.18 bits per heavy atom. The minimum absolute atomic E-state index is 0.725. The van der Waals surface area contributed by atoms with Gasteiger partial charge in [-0.05, 0) is 62.2 Å². The van der Waals surface area contributed by atoms with Crippen LogP contribution in [0.3, 0.4) is 0 Å². The molecule has 0 saturated heterocycles. The third-order valence-electron chi connectivity index (χ3n) is 3.54. The predicted octanol–water partition coefficient (Wildman–Crippen LogP) is 5.31. The van der Waals surface area contributed by atoms with Gasteiger partial charge in [0.25, 0.3) is 0 Å². The number of anilines is 2. The molecule has 0 atom stereocenters. The van der Waals surface area contributed by atoms with Crippen LogP contribution < -0.4 is 5.32 Å². The average Bonchev–Trinajstić information content (AvgIpc) is 2.49. The SMILES string of the molecule is CCN(C)C=Nc1cc(C)c(Nc2cccc(Cl)c2)cc1C. The summed E-state index contributed by atoms with van der Waals surface area (Å²) in [5.74, 6) is 0. The van der Waals surface area contributed by atoms with Crippen LogP contribution in [0.15, 0.2) is 41.4 Å². The fraction of sp³-hybridized carbons (Fsp3) is 0.278. The van der Waals surface area contributed by atoms with Crippen molar-refractivity contribution < 1.29 is 0 Å². The topological polar surface area (TPSA) is 27.6 Å². The van der Waals surface area contributed by atoms with E-state index in [0.717, 1.165) is 39.8 Å². The van der Waals surface area contributed by atoms with E-state index in [9.17, 15) is 0 Å². The molecule has 0 radical (unpaired) electrons. The quantitative estimate of drug-likeness (QED) is 0.598. The highest BCUT2D eigenvalue weighted by molar-refractivity contribution is 6.30. The van der Waals surface area contributed by atoms with Gasteiger partial charge < -0.3 is 10.2 Å². The van der Waals surface area contributed by atoms with Gasteiger partial charge in [-0.3, -0.25) is 0 Å². The second-order valence-corrected chi connectivity index (χ2v) is 5.84. The van der Waals surface area contributed by atoms with E-state index in [1.807, 2.05) is 42.6 Å². The first-order valence-electron chi connectivity index (χ1n) is 7.38. The van der Waals surface area contributed by atoms with Gasteiger partial charge in [-0.2, -0.15) is 0 Å². The number of nitrogens with one attached hydrogen (secondary N) is 1. The molecule has 3 nitrogen and oxygen atoms in total. The van der Waals surface area contributed by atoms with E-state index >= 15 is 0 Å².